The zero-order valence-corrected chi connectivity index (χ0v) is 11.2. The summed E-state index contributed by atoms with van der Waals surface area (Å²) < 4.78 is 39.0. The zero-order chi connectivity index (χ0) is 13.7. The summed E-state index contributed by atoms with van der Waals surface area (Å²) in [5.74, 6) is 0. The van der Waals surface area contributed by atoms with E-state index in [-0.39, 0.29) is 20.7 Å². The Morgan fingerprint density at radius 2 is 2.00 bits per heavy atom. The van der Waals surface area contributed by atoms with Gasteiger partial charge in [-0.15, -0.1) is 0 Å². The Morgan fingerprint density at radius 3 is 2.56 bits per heavy atom. The zero-order valence-electron chi connectivity index (χ0n) is 8.85. The second kappa shape index (κ2) is 4.24. The highest BCUT2D eigenvalue weighted by atomic mass is 79.9. The van der Waals surface area contributed by atoms with Gasteiger partial charge in [0, 0.05) is 11.5 Å². The van der Waals surface area contributed by atoms with Gasteiger partial charge < -0.3 is 0 Å². The molecule has 2 rings (SSSR count). The van der Waals surface area contributed by atoms with E-state index in [2.05, 4.69) is 20.9 Å². The molecule has 0 aliphatic rings. The Morgan fingerprint density at radius 1 is 1.39 bits per heavy atom. The number of hydrogen-bond donors (Lipinski definition) is 0. The van der Waals surface area contributed by atoms with Crippen molar-refractivity contribution in [2.45, 2.75) is 6.18 Å². The standard InChI is InChI=1S/C10H5BrClF3N2O/c1-17-8(18)5-2-4(10(13,14)15)3-6(11)7(5)16-9(17)12/h2-3H,1H3. The Labute approximate surface area is 112 Å². The van der Waals surface area contributed by atoms with Gasteiger partial charge >= 0.3 is 6.18 Å². The van der Waals surface area contributed by atoms with E-state index >= 15 is 0 Å². The minimum atomic E-state index is -4.53. The highest BCUT2D eigenvalue weighted by Crippen LogP contribution is 2.34. The summed E-state index contributed by atoms with van der Waals surface area (Å²) in [4.78, 5) is 15.7. The fraction of sp³-hybridized carbons (Fsp3) is 0.200. The average molecular weight is 342 g/mol. The van der Waals surface area contributed by atoms with E-state index in [0.29, 0.717) is 0 Å². The van der Waals surface area contributed by atoms with Gasteiger partial charge in [-0.3, -0.25) is 9.36 Å². The molecule has 0 amide bonds. The Balaban J connectivity index is 2.93. The van der Waals surface area contributed by atoms with Crippen LogP contribution in [0, 0.1) is 0 Å². The number of aromatic nitrogens is 2. The van der Waals surface area contributed by atoms with Crippen LogP contribution in [0.1, 0.15) is 5.56 Å². The fourth-order valence-electron chi connectivity index (χ4n) is 1.47. The molecule has 1 aromatic carbocycles. The van der Waals surface area contributed by atoms with Crippen LogP contribution in [0.5, 0.6) is 0 Å². The van der Waals surface area contributed by atoms with Crippen molar-refractivity contribution < 1.29 is 13.2 Å². The van der Waals surface area contributed by atoms with Gasteiger partial charge in [-0.1, -0.05) is 0 Å². The van der Waals surface area contributed by atoms with Gasteiger partial charge in [0.05, 0.1) is 16.5 Å². The molecule has 0 bridgehead atoms. The lowest BCUT2D eigenvalue weighted by atomic mass is 10.1. The van der Waals surface area contributed by atoms with Crippen molar-refractivity contribution >= 4 is 38.4 Å². The molecule has 0 saturated carbocycles. The van der Waals surface area contributed by atoms with E-state index in [1.807, 2.05) is 0 Å². The Hall–Kier alpha value is -1.08. The molecule has 0 aliphatic heterocycles. The predicted molar refractivity (Wildman–Crippen MR) is 64.7 cm³/mol. The van der Waals surface area contributed by atoms with Crippen molar-refractivity contribution in [1.29, 1.82) is 0 Å². The molecule has 0 N–H and O–H groups in total. The summed E-state index contributed by atoms with van der Waals surface area (Å²) in [6.45, 7) is 0. The summed E-state index contributed by atoms with van der Waals surface area (Å²) >= 11 is 8.67. The van der Waals surface area contributed by atoms with Crippen LogP contribution in [-0.2, 0) is 13.2 Å². The van der Waals surface area contributed by atoms with Crippen LogP contribution >= 0.6 is 27.5 Å². The molecule has 2 aromatic rings. The molecule has 0 unspecified atom stereocenters. The number of rotatable bonds is 0. The molecule has 0 saturated heterocycles. The van der Waals surface area contributed by atoms with Gasteiger partial charge in [-0.05, 0) is 39.7 Å². The summed E-state index contributed by atoms with van der Waals surface area (Å²) in [6, 6.07) is 1.64. The van der Waals surface area contributed by atoms with Crippen LogP contribution in [0.15, 0.2) is 21.4 Å². The van der Waals surface area contributed by atoms with Crippen LogP contribution < -0.4 is 5.56 Å². The topological polar surface area (TPSA) is 34.9 Å². The molecule has 8 heteroatoms. The molecule has 18 heavy (non-hydrogen) atoms. The van der Waals surface area contributed by atoms with Crippen molar-refractivity contribution in [1.82, 2.24) is 9.55 Å². The first kappa shape index (κ1) is 13.4. The van der Waals surface area contributed by atoms with E-state index in [4.69, 9.17) is 11.6 Å². The molecule has 0 fully saturated rings. The van der Waals surface area contributed by atoms with Gasteiger partial charge in [-0.25, -0.2) is 4.98 Å². The molecular weight excluding hydrogens is 336 g/mol. The first-order valence-electron chi connectivity index (χ1n) is 4.65. The van der Waals surface area contributed by atoms with Gasteiger partial charge in [-0.2, -0.15) is 13.2 Å². The molecule has 0 atom stereocenters. The lowest BCUT2D eigenvalue weighted by Gasteiger charge is -2.10. The van der Waals surface area contributed by atoms with Crippen molar-refractivity contribution in [3.05, 3.63) is 37.8 Å². The number of fused-ring (bicyclic) bond motifs is 1. The third-order valence-corrected chi connectivity index (χ3v) is 3.35. The fourth-order valence-corrected chi connectivity index (χ4v) is 2.18. The lowest BCUT2D eigenvalue weighted by molar-refractivity contribution is -0.137. The van der Waals surface area contributed by atoms with Crippen LogP contribution in [0.3, 0.4) is 0 Å². The second-order valence-electron chi connectivity index (χ2n) is 3.60. The number of nitrogens with zero attached hydrogens (tertiary/aromatic N) is 2. The minimum absolute atomic E-state index is 0.0759. The first-order chi connectivity index (χ1) is 8.21. The van der Waals surface area contributed by atoms with E-state index in [1.54, 1.807) is 0 Å². The van der Waals surface area contributed by atoms with Gasteiger partial charge in [0.15, 0.2) is 0 Å². The highest BCUT2D eigenvalue weighted by molar-refractivity contribution is 9.10. The number of alkyl halides is 3. The molecule has 96 valence electrons. The Kier molecular flexibility index (Phi) is 3.14. The predicted octanol–water partition coefficient (Wildman–Crippen LogP) is 3.37. The lowest BCUT2D eigenvalue weighted by Crippen LogP contribution is -2.19. The van der Waals surface area contributed by atoms with Gasteiger partial charge in [0.1, 0.15) is 0 Å². The molecule has 1 heterocycles. The van der Waals surface area contributed by atoms with Crippen molar-refractivity contribution in [2.75, 3.05) is 0 Å². The van der Waals surface area contributed by atoms with Crippen molar-refractivity contribution in [2.24, 2.45) is 7.05 Å². The molecule has 3 nitrogen and oxygen atoms in total. The van der Waals surface area contributed by atoms with E-state index < -0.39 is 17.3 Å². The monoisotopic (exact) mass is 340 g/mol. The first-order valence-corrected chi connectivity index (χ1v) is 5.82. The average Bonchev–Trinajstić information content (AvgIpc) is 2.26. The Bertz CT molecular complexity index is 696. The maximum atomic E-state index is 12.6. The normalized spacial score (nSPS) is 12.1. The molecule has 1 aromatic heterocycles. The van der Waals surface area contributed by atoms with Gasteiger partial charge in [0.2, 0.25) is 5.28 Å². The number of benzene rings is 1. The third-order valence-electron chi connectivity index (χ3n) is 2.41. The molecule has 0 aliphatic carbocycles. The summed E-state index contributed by atoms with van der Waals surface area (Å²) in [7, 11) is 1.34. The van der Waals surface area contributed by atoms with Crippen molar-refractivity contribution in [3.8, 4) is 0 Å². The second-order valence-corrected chi connectivity index (χ2v) is 4.79. The van der Waals surface area contributed by atoms with Crippen LogP contribution in [0.25, 0.3) is 10.9 Å². The van der Waals surface area contributed by atoms with Crippen LogP contribution in [0.4, 0.5) is 13.2 Å². The highest BCUT2D eigenvalue weighted by Gasteiger charge is 2.31. The van der Waals surface area contributed by atoms with Crippen LogP contribution in [0.2, 0.25) is 5.28 Å². The van der Waals surface area contributed by atoms with E-state index in [1.165, 1.54) is 7.05 Å². The van der Waals surface area contributed by atoms with E-state index in [0.717, 1.165) is 16.7 Å². The number of halogens is 5. The maximum Gasteiger partial charge on any atom is 0.416 e. The van der Waals surface area contributed by atoms with E-state index in [9.17, 15) is 18.0 Å². The minimum Gasteiger partial charge on any atom is -0.286 e. The largest absolute Gasteiger partial charge is 0.416 e. The third kappa shape index (κ3) is 2.12. The van der Waals surface area contributed by atoms with Gasteiger partial charge in [0.25, 0.3) is 5.56 Å². The molecule has 0 radical (unpaired) electrons. The number of hydrogen-bond acceptors (Lipinski definition) is 2. The smallest absolute Gasteiger partial charge is 0.286 e. The maximum absolute atomic E-state index is 12.6. The molecule has 0 spiro atoms. The SMILES string of the molecule is Cn1c(Cl)nc2c(Br)cc(C(F)(F)F)cc2c1=O. The summed E-state index contributed by atoms with van der Waals surface area (Å²) in [6.07, 6.45) is -4.53. The summed E-state index contributed by atoms with van der Waals surface area (Å²) in [5.41, 5.74) is -1.43. The molecular formula is C10H5BrClF3N2O. The quantitative estimate of drug-likeness (QED) is 0.689. The van der Waals surface area contributed by atoms with Crippen LogP contribution in [-0.4, -0.2) is 9.55 Å². The van der Waals surface area contributed by atoms with Crippen molar-refractivity contribution in [3.63, 3.8) is 0 Å². The summed E-state index contributed by atoms with van der Waals surface area (Å²) in [5, 5.41) is -0.225.